The molecule has 0 N–H and O–H groups in total. The Kier molecular flexibility index (Phi) is 8.15. The Labute approximate surface area is 369 Å². The van der Waals surface area contributed by atoms with Gasteiger partial charge < -0.3 is 4.57 Å². The van der Waals surface area contributed by atoms with Gasteiger partial charge in [0.2, 0.25) is 0 Å². The van der Waals surface area contributed by atoms with Gasteiger partial charge in [-0.05, 0) is 42.5 Å². The van der Waals surface area contributed by atoms with E-state index in [1.54, 1.807) is 22.7 Å². The van der Waals surface area contributed by atoms with Crippen molar-refractivity contribution in [1.29, 1.82) is 0 Å². The number of rotatable bonds is 6. The van der Waals surface area contributed by atoms with Crippen molar-refractivity contribution < 1.29 is 0 Å². The van der Waals surface area contributed by atoms with Gasteiger partial charge in [-0.25, -0.2) is 24.9 Å². The fourth-order valence-electron chi connectivity index (χ4n) is 8.97. The molecule has 0 saturated carbocycles. The quantitative estimate of drug-likeness (QED) is 0.167. The minimum Gasteiger partial charge on any atom is -0.309 e. The van der Waals surface area contributed by atoms with Crippen LogP contribution in [0.3, 0.4) is 0 Å². The van der Waals surface area contributed by atoms with E-state index < -0.39 is 0 Å². The third kappa shape index (κ3) is 5.87. The van der Waals surface area contributed by atoms with Crippen molar-refractivity contribution in [3.05, 3.63) is 194 Å². The molecular formula is C55H32N6S2. The number of aromatic nitrogens is 6. The second-order valence-electron chi connectivity index (χ2n) is 15.6. The molecule has 5 heterocycles. The van der Waals surface area contributed by atoms with Crippen molar-refractivity contribution in [3.8, 4) is 62.5 Å². The predicted molar refractivity (Wildman–Crippen MR) is 263 cm³/mol. The van der Waals surface area contributed by atoms with E-state index in [4.69, 9.17) is 24.9 Å². The summed E-state index contributed by atoms with van der Waals surface area (Å²) in [7, 11) is 0. The normalized spacial score (nSPS) is 11.8. The van der Waals surface area contributed by atoms with Gasteiger partial charge in [0.25, 0.3) is 0 Å². The average Bonchev–Trinajstić information content (AvgIpc) is 4.03. The number of nitrogens with zero attached hydrogens (tertiary/aromatic N) is 6. The Morgan fingerprint density at radius 3 is 1.73 bits per heavy atom. The SMILES string of the molecule is c1ccc(-c2nc(-c3ccccc3)nc(-c3cccc4sc5cc(-c6nc(-c7ccc8c9ccccc9n(-c9ccccc9)c8c7)c7sc8ccccc8c7n6)ccc5c34)n2)cc1. The first-order valence-corrected chi connectivity index (χ1v) is 22.5. The lowest BCUT2D eigenvalue weighted by Gasteiger charge is -2.10. The summed E-state index contributed by atoms with van der Waals surface area (Å²) in [5, 5.41) is 5.83. The van der Waals surface area contributed by atoms with E-state index >= 15 is 0 Å². The molecule has 294 valence electrons. The zero-order valence-corrected chi connectivity index (χ0v) is 35.1. The molecule has 0 fully saturated rings. The van der Waals surface area contributed by atoms with Gasteiger partial charge in [-0.3, -0.25) is 0 Å². The molecule has 13 aromatic rings. The van der Waals surface area contributed by atoms with Crippen LogP contribution in [0, 0.1) is 0 Å². The van der Waals surface area contributed by atoms with Gasteiger partial charge >= 0.3 is 0 Å². The summed E-state index contributed by atoms with van der Waals surface area (Å²) in [5.41, 5.74) is 10.2. The summed E-state index contributed by atoms with van der Waals surface area (Å²) in [6.07, 6.45) is 0. The first-order valence-electron chi connectivity index (χ1n) is 20.8. The highest BCUT2D eigenvalue weighted by Crippen LogP contribution is 2.44. The fraction of sp³-hybridized carbons (Fsp3) is 0. The van der Waals surface area contributed by atoms with Crippen molar-refractivity contribution in [2.45, 2.75) is 0 Å². The summed E-state index contributed by atoms with van der Waals surface area (Å²) < 4.78 is 6.94. The van der Waals surface area contributed by atoms with Crippen LogP contribution in [-0.4, -0.2) is 29.5 Å². The van der Waals surface area contributed by atoms with E-state index in [1.807, 2.05) is 60.7 Å². The zero-order chi connectivity index (χ0) is 41.4. The van der Waals surface area contributed by atoms with Crippen molar-refractivity contribution in [2.24, 2.45) is 0 Å². The van der Waals surface area contributed by atoms with Crippen LogP contribution < -0.4 is 0 Å². The molecule has 63 heavy (non-hydrogen) atoms. The lowest BCUT2D eigenvalue weighted by molar-refractivity contribution is 1.08. The van der Waals surface area contributed by atoms with E-state index in [9.17, 15) is 0 Å². The maximum Gasteiger partial charge on any atom is 0.164 e. The van der Waals surface area contributed by atoms with Crippen molar-refractivity contribution in [3.63, 3.8) is 0 Å². The number of fused-ring (bicyclic) bond motifs is 9. The molecule has 0 unspecified atom stereocenters. The molecule has 0 aliphatic rings. The summed E-state index contributed by atoms with van der Waals surface area (Å²) in [4.78, 5) is 26.0. The monoisotopic (exact) mass is 840 g/mol. The summed E-state index contributed by atoms with van der Waals surface area (Å²) in [6, 6.07) is 67.9. The van der Waals surface area contributed by atoms with E-state index in [2.05, 4.69) is 138 Å². The topological polar surface area (TPSA) is 69.4 Å². The maximum absolute atomic E-state index is 5.47. The molecule has 0 bridgehead atoms. The van der Waals surface area contributed by atoms with Crippen LogP contribution in [0.25, 0.3) is 125 Å². The molecule has 0 amide bonds. The Morgan fingerprint density at radius 1 is 0.349 bits per heavy atom. The highest BCUT2D eigenvalue weighted by Gasteiger charge is 2.21. The molecule has 5 aromatic heterocycles. The second kappa shape index (κ2) is 14.3. The van der Waals surface area contributed by atoms with Crippen LogP contribution in [0.5, 0.6) is 0 Å². The van der Waals surface area contributed by atoms with Gasteiger partial charge in [-0.15, -0.1) is 22.7 Å². The van der Waals surface area contributed by atoms with Crippen molar-refractivity contribution in [1.82, 2.24) is 29.5 Å². The zero-order valence-electron chi connectivity index (χ0n) is 33.5. The van der Waals surface area contributed by atoms with Gasteiger partial charge in [0.15, 0.2) is 23.3 Å². The standard InChI is InChI=1S/C55H32N6S2/c1-4-15-33(16-5-1)52-58-53(34-17-6-2-7-18-34)60-55(59-52)42-23-14-26-46-48(42)40-30-28-36(32-47(40)62-46)54-56-49(51-50(57-54)41-22-11-13-25-45(41)63-51)35-27-29-39-38-21-10-12-24-43(38)61(44(39)31-35)37-19-8-3-9-20-37/h1-32H. The smallest absolute Gasteiger partial charge is 0.164 e. The van der Waals surface area contributed by atoms with Gasteiger partial charge in [-0.2, -0.15) is 0 Å². The average molecular weight is 841 g/mol. The molecule has 0 aliphatic carbocycles. The van der Waals surface area contributed by atoms with Gasteiger partial charge in [0, 0.05) is 74.5 Å². The fourth-order valence-corrected chi connectivity index (χ4v) is 11.3. The maximum atomic E-state index is 5.47. The third-order valence-corrected chi connectivity index (χ3v) is 14.2. The molecule has 0 atom stereocenters. The number of hydrogen-bond acceptors (Lipinski definition) is 7. The first kappa shape index (κ1) is 35.8. The molecule has 6 nitrogen and oxygen atoms in total. The van der Waals surface area contributed by atoms with E-state index in [0.29, 0.717) is 23.3 Å². The largest absolute Gasteiger partial charge is 0.309 e. The van der Waals surface area contributed by atoms with E-state index in [1.165, 1.54) is 21.0 Å². The molecule has 8 heteroatoms. The van der Waals surface area contributed by atoms with E-state index in [-0.39, 0.29) is 0 Å². The molecule has 13 rings (SSSR count). The highest BCUT2D eigenvalue weighted by atomic mass is 32.1. The van der Waals surface area contributed by atoms with Gasteiger partial charge in [0.1, 0.15) is 0 Å². The molecule has 8 aromatic carbocycles. The van der Waals surface area contributed by atoms with Crippen LogP contribution in [0.2, 0.25) is 0 Å². The highest BCUT2D eigenvalue weighted by molar-refractivity contribution is 7.26. The predicted octanol–water partition coefficient (Wildman–Crippen LogP) is 14.8. The van der Waals surface area contributed by atoms with Crippen LogP contribution in [0.1, 0.15) is 0 Å². The lowest BCUT2D eigenvalue weighted by atomic mass is 10.0. The Balaban J connectivity index is 0.992. The number of thiophene rings is 2. The lowest BCUT2D eigenvalue weighted by Crippen LogP contribution is -2.00. The Bertz CT molecular complexity index is 3850. The van der Waals surface area contributed by atoms with E-state index in [0.717, 1.165) is 80.5 Å². The van der Waals surface area contributed by atoms with Crippen LogP contribution in [-0.2, 0) is 0 Å². The first-order chi connectivity index (χ1) is 31.2. The molecule has 0 spiro atoms. The number of hydrogen-bond donors (Lipinski definition) is 0. The minimum atomic E-state index is 0.642. The molecule has 0 saturated heterocycles. The number of para-hydroxylation sites is 2. The molecule has 0 aliphatic heterocycles. The van der Waals surface area contributed by atoms with Crippen LogP contribution >= 0.6 is 22.7 Å². The molecule has 0 radical (unpaired) electrons. The third-order valence-electron chi connectivity index (χ3n) is 11.9. The van der Waals surface area contributed by atoms with Crippen LogP contribution in [0.4, 0.5) is 0 Å². The van der Waals surface area contributed by atoms with Crippen LogP contribution in [0.15, 0.2) is 194 Å². The second-order valence-corrected chi connectivity index (χ2v) is 17.8. The molecular weight excluding hydrogens is 809 g/mol. The Hall–Kier alpha value is -7.91. The van der Waals surface area contributed by atoms with Crippen molar-refractivity contribution in [2.75, 3.05) is 0 Å². The van der Waals surface area contributed by atoms with Gasteiger partial charge in [-0.1, -0.05) is 152 Å². The minimum absolute atomic E-state index is 0.642. The summed E-state index contributed by atoms with van der Waals surface area (Å²) >= 11 is 3.52. The Morgan fingerprint density at radius 2 is 0.952 bits per heavy atom. The summed E-state index contributed by atoms with van der Waals surface area (Å²) in [6.45, 7) is 0. The van der Waals surface area contributed by atoms with Gasteiger partial charge in [0.05, 0.1) is 26.9 Å². The summed E-state index contributed by atoms with van der Waals surface area (Å²) in [5.74, 6) is 2.62. The van der Waals surface area contributed by atoms with Crippen molar-refractivity contribution >= 4 is 85.0 Å². The number of benzene rings is 8.